The molecule has 5 heteroatoms. The van der Waals surface area contributed by atoms with Gasteiger partial charge in [-0.25, -0.2) is 0 Å². The molecular formula is C14H20N4O. The second kappa shape index (κ2) is 5.35. The molecule has 1 aromatic rings. The number of nitrogens with zero attached hydrogens (tertiary/aromatic N) is 3. The zero-order valence-corrected chi connectivity index (χ0v) is 11.5. The maximum Gasteiger partial charge on any atom is 0.242 e. The van der Waals surface area contributed by atoms with Gasteiger partial charge in [-0.2, -0.15) is 5.26 Å². The van der Waals surface area contributed by atoms with Crippen molar-refractivity contribution in [3.63, 3.8) is 0 Å². The number of rotatable bonds is 2. The van der Waals surface area contributed by atoms with Crippen LogP contribution < -0.4 is 5.73 Å². The van der Waals surface area contributed by atoms with Gasteiger partial charge in [-0.1, -0.05) is 6.92 Å². The highest BCUT2D eigenvalue weighted by Crippen LogP contribution is 2.19. The molecule has 1 aromatic heterocycles. The molecule has 2 heterocycles. The SMILES string of the molecule is Cc1c(N)cc(C#N)n1CC(=O)N1CCC(C)CC1. The van der Waals surface area contributed by atoms with Crippen molar-refractivity contribution in [2.45, 2.75) is 33.2 Å². The Morgan fingerprint density at radius 2 is 2.16 bits per heavy atom. The van der Waals surface area contributed by atoms with E-state index >= 15 is 0 Å². The Balaban J connectivity index is 2.09. The predicted molar refractivity (Wildman–Crippen MR) is 73.3 cm³/mol. The minimum Gasteiger partial charge on any atom is -0.397 e. The van der Waals surface area contributed by atoms with Crippen molar-refractivity contribution in [2.24, 2.45) is 5.92 Å². The fourth-order valence-corrected chi connectivity index (χ4v) is 2.46. The molecule has 1 saturated heterocycles. The predicted octanol–water partition coefficient (Wildman–Crippen LogP) is 1.51. The Kier molecular flexibility index (Phi) is 3.79. The van der Waals surface area contributed by atoms with Crippen LogP contribution in [0.1, 0.15) is 31.2 Å². The van der Waals surface area contributed by atoms with Crippen LogP contribution in [-0.2, 0) is 11.3 Å². The van der Waals surface area contributed by atoms with E-state index in [9.17, 15) is 4.79 Å². The molecule has 0 aromatic carbocycles. The maximum atomic E-state index is 12.3. The molecule has 0 saturated carbocycles. The summed E-state index contributed by atoms with van der Waals surface area (Å²) in [6.07, 6.45) is 2.12. The van der Waals surface area contributed by atoms with Crippen LogP contribution in [0.3, 0.4) is 0 Å². The van der Waals surface area contributed by atoms with Crippen LogP contribution in [0.15, 0.2) is 6.07 Å². The number of piperidine rings is 1. The molecule has 0 bridgehead atoms. The van der Waals surface area contributed by atoms with Gasteiger partial charge < -0.3 is 15.2 Å². The Hall–Kier alpha value is -1.96. The summed E-state index contributed by atoms with van der Waals surface area (Å²) >= 11 is 0. The zero-order chi connectivity index (χ0) is 14.0. The van der Waals surface area contributed by atoms with Crippen molar-refractivity contribution < 1.29 is 4.79 Å². The van der Waals surface area contributed by atoms with Crippen LogP contribution in [0.2, 0.25) is 0 Å². The van der Waals surface area contributed by atoms with Crippen molar-refractivity contribution in [3.8, 4) is 6.07 Å². The Morgan fingerprint density at radius 3 is 2.74 bits per heavy atom. The van der Waals surface area contributed by atoms with Gasteiger partial charge in [0.05, 0.1) is 5.69 Å². The zero-order valence-electron chi connectivity index (χ0n) is 11.5. The smallest absolute Gasteiger partial charge is 0.242 e. The third kappa shape index (κ3) is 2.73. The summed E-state index contributed by atoms with van der Waals surface area (Å²) < 4.78 is 1.70. The number of amides is 1. The molecule has 1 aliphatic heterocycles. The third-order valence-corrected chi connectivity index (χ3v) is 3.95. The number of carbonyl (C=O) groups excluding carboxylic acids is 1. The van der Waals surface area contributed by atoms with Gasteiger partial charge in [0.15, 0.2) is 0 Å². The van der Waals surface area contributed by atoms with E-state index in [0.717, 1.165) is 31.6 Å². The van der Waals surface area contributed by atoms with Gasteiger partial charge in [0.2, 0.25) is 5.91 Å². The number of nitrogens with two attached hydrogens (primary N) is 1. The molecular weight excluding hydrogens is 240 g/mol. The highest BCUT2D eigenvalue weighted by molar-refractivity contribution is 5.76. The molecule has 102 valence electrons. The average molecular weight is 260 g/mol. The van der Waals surface area contributed by atoms with E-state index in [1.807, 2.05) is 11.8 Å². The monoisotopic (exact) mass is 260 g/mol. The van der Waals surface area contributed by atoms with Crippen molar-refractivity contribution in [1.82, 2.24) is 9.47 Å². The summed E-state index contributed by atoms with van der Waals surface area (Å²) in [5.74, 6) is 0.768. The molecule has 0 aliphatic carbocycles. The van der Waals surface area contributed by atoms with Crippen LogP contribution in [0.5, 0.6) is 0 Å². The van der Waals surface area contributed by atoms with Crippen molar-refractivity contribution in [2.75, 3.05) is 18.8 Å². The minimum atomic E-state index is 0.0714. The van der Waals surface area contributed by atoms with E-state index in [0.29, 0.717) is 17.3 Å². The number of likely N-dealkylation sites (tertiary alicyclic amines) is 1. The number of nitrogen functional groups attached to an aromatic ring is 1. The molecule has 1 aliphatic rings. The molecule has 1 fully saturated rings. The van der Waals surface area contributed by atoms with Crippen LogP contribution in [0.25, 0.3) is 0 Å². The summed E-state index contributed by atoms with van der Waals surface area (Å²) in [6, 6.07) is 3.71. The first-order valence-corrected chi connectivity index (χ1v) is 6.66. The quantitative estimate of drug-likeness (QED) is 0.875. The first kappa shape index (κ1) is 13.5. The van der Waals surface area contributed by atoms with Crippen LogP contribution in [0, 0.1) is 24.2 Å². The van der Waals surface area contributed by atoms with Crippen molar-refractivity contribution >= 4 is 11.6 Å². The second-order valence-electron chi connectivity index (χ2n) is 5.33. The Morgan fingerprint density at radius 1 is 1.53 bits per heavy atom. The molecule has 19 heavy (non-hydrogen) atoms. The molecule has 0 unspecified atom stereocenters. The van der Waals surface area contributed by atoms with Crippen LogP contribution in [-0.4, -0.2) is 28.5 Å². The number of nitriles is 1. The Bertz CT molecular complexity index is 518. The summed E-state index contributed by atoms with van der Waals surface area (Å²) in [5.41, 5.74) is 7.60. The Labute approximate surface area is 113 Å². The van der Waals surface area contributed by atoms with Gasteiger partial charge in [-0.05, 0) is 31.7 Å². The number of aromatic nitrogens is 1. The lowest BCUT2D eigenvalue weighted by Gasteiger charge is -2.30. The largest absolute Gasteiger partial charge is 0.397 e. The molecule has 5 nitrogen and oxygen atoms in total. The number of hydrogen-bond donors (Lipinski definition) is 1. The number of anilines is 1. The number of carbonyl (C=O) groups is 1. The molecule has 0 radical (unpaired) electrons. The fourth-order valence-electron chi connectivity index (χ4n) is 2.46. The summed E-state index contributed by atoms with van der Waals surface area (Å²) in [7, 11) is 0. The molecule has 0 atom stereocenters. The van der Waals surface area contributed by atoms with E-state index < -0.39 is 0 Å². The first-order chi connectivity index (χ1) is 9.02. The van der Waals surface area contributed by atoms with Gasteiger partial charge in [-0.15, -0.1) is 0 Å². The van der Waals surface area contributed by atoms with E-state index in [1.165, 1.54) is 0 Å². The first-order valence-electron chi connectivity index (χ1n) is 6.66. The van der Waals surface area contributed by atoms with Gasteiger partial charge in [0.25, 0.3) is 0 Å². The molecule has 1 amide bonds. The topological polar surface area (TPSA) is 75.0 Å². The lowest BCUT2D eigenvalue weighted by Crippen LogP contribution is -2.40. The maximum absolute atomic E-state index is 12.3. The van der Waals surface area contributed by atoms with Gasteiger partial charge in [0, 0.05) is 18.8 Å². The highest BCUT2D eigenvalue weighted by Gasteiger charge is 2.22. The van der Waals surface area contributed by atoms with Crippen molar-refractivity contribution in [1.29, 1.82) is 5.26 Å². The van der Waals surface area contributed by atoms with Gasteiger partial charge >= 0.3 is 0 Å². The van der Waals surface area contributed by atoms with E-state index in [-0.39, 0.29) is 12.5 Å². The van der Waals surface area contributed by atoms with Crippen LogP contribution >= 0.6 is 0 Å². The third-order valence-electron chi connectivity index (χ3n) is 3.95. The van der Waals surface area contributed by atoms with E-state index in [1.54, 1.807) is 10.6 Å². The minimum absolute atomic E-state index is 0.0714. The van der Waals surface area contributed by atoms with Crippen LogP contribution in [0.4, 0.5) is 5.69 Å². The summed E-state index contributed by atoms with van der Waals surface area (Å²) in [5, 5.41) is 9.06. The highest BCUT2D eigenvalue weighted by atomic mass is 16.2. The van der Waals surface area contributed by atoms with Gasteiger partial charge in [-0.3, -0.25) is 4.79 Å². The molecule has 2 rings (SSSR count). The fraction of sp³-hybridized carbons (Fsp3) is 0.571. The molecule has 0 spiro atoms. The van der Waals surface area contributed by atoms with E-state index in [2.05, 4.69) is 13.0 Å². The normalized spacial score (nSPS) is 16.4. The number of hydrogen-bond acceptors (Lipinski definition) is 3. The van der Waals surface area contributed by atoms with E-state index in [4.69, 9.17) is 11.0 Å². The molecule has 2 N–H and O–H groups in total. The second-order valence-corrected chi connectivity index (χ2v) is 5.33. The average Bonchev–Trinajstić information content (AvgIpc) is 2.67. The van der Waals surface area contributed by atoms with Gasteiger partial charge in [0.1, 0.15) is 18.3 Å². The standard InChI is InChI=1S/C14H20N4O/c1-10-3-5-17(6-4-10)14(19)9-18-11(2)13(16)7-12(18)8-15/h7,10H,3-6,9,16H2,1-2H3. The lowest BCUT2D eigenvalue weighted by atomic mass is 9.99. The van der Waals surface area contributed by atoms with Crippen molar-refractivity contribution in [3.05, 3.63) is 17.5 Å². The lowest BCUT2D eigenvalue weighted by molar-refractivity contribution is -0.133. The summed E-state index contributed by atoms with van der Waals surface area (Å²) in [6.45, 7) is 5.89. The summed E-state index contributed by atoms with van der Waals surface area (Å²) in [4.78, 5) is 14.1.